The van der Waals surface area contributed by atoms with Crippen molar-refractivity contribution in [3.63, 3.8) is 0 Å². The Morgan fingerprint density at radius 1 is 1.56 bits per heavy atom. The highest BCUT2D eigenvalue weighted by Gasteiger charge is 2.32. The molecule has 0 saturated heterocycles. The average molecular weight is 264 g/mol. The topological polar surface area (TPSA) is 90.2 Å². The van der Waals surface area contributed by atoms with Crippen LogP contribution in [-0.2, 0) is 16.0 Å². The van der Waals surface area contributed by atoms with E-state index in [0.29, 0.717) is 22.5 Å². The first-order valence-corrected chi connectivity index (χ1v) is 6.42. The zero-order chi connectivity index (χ0) is 13.3. The van der Waals surface area contributed by atoms with Gasteiger partial charge in [0, 0.05) is 17.4 Å². The normalized spacial score (nSPS) is 17.7. The van der Waals surface area contributed by atoms with Crippen LogP contribution in [0.15, 0.2) is 0 Å². The van der Waals surface area contributed by atoms with Gasteiger partial charge in [0.15, 0.2) is 0 Å². The Bertz CT molecular complexity index is 556. The second-order valence-corrected chi connectivity index (χ2v) is 5.32. The molecule has 1 aliphatic carbocycles. The van der Waals surface area contributed by atoms with Crippen LogP contribution in [0.2, 0.25) is 0 Å². The van der Waals surface area contributed by atoms with E-state index in [4.69, 9.17) is 0 Å². The highest BCUT2D eigenvalue weighted by Crippen LogP contribution is 2.43. The van der Waals surface area contributed by atoms with Crippen molar-refractivity contribution in [3.05, 3.63) is 16.0 Å². The van der Waals surface area contributed by atoms with Crippen molar-refractivity contribution in [1.82, 2.24) is 0 Å². The fourth-order valence-electron chi connectivity index (χ4n) is 2.26. The minimum atomic E-state index is -0.903. The molecule has 1 atom stereocenters. The van der Waals surface area contributed by atoms with E-state index >= 15 is 0 Å². The predicted octanol–water partition coefficient (Wildman–Crippen LogP) is 2.08. The van der Waals surface area contributed by atoms with Gasteiger partial charge < -0.3 is 10.4 Å². The number of hydrogen-bond donors (Lipinski definition) is 2. The summed E-state index contributed by atoms with van der Waals surface area (Å²) in [6, 6.07) is 2.03. The molecule has 1 heterocycles. The molecule has 1 aromatic rings. The Morgan fingerprint density at radius 2 is 2.28 bits per heavy atom. The van der Waals surface area contributed by atoms with E-state index in [-0.39, 0.29) is 5.91 Å². The SMILES string of the molecule is CC(=O)Nc1sc2c(c1C#N)C(C(=O)O)CCC2. The second kappa shape index (κ2) is 4.78. The molecular weight excluding hydrogens is 252 g/mol. The number of fused-ring (bicyclic) bond motifs is 1. The highest BCUT2D eigenvalue weighted by molar-refractivity contribution is 7.16. The maximum atomic E-state index is 11.2. The van der Waals surface area contributed by atoms with E-state index in [2.05, 4.69) is 5.32 Å². The van der Waals surface area contributed by atoms with Crippen LogP contribution in [0.1, 0.15) is 41.7 Å². The van der Waals surface area contributed by atoms with Crippen LogP contribution >= 0.6 is 11.3 Å². The van der Waals surface area contributed by atoms with Crippen LogP contribution in [0.5, 0.6) is 0 Å². The van der Waals surface area contributed by atoms with Gasteiger partial charge in [0.2, 0.25) is 5.91 Å². The number of nitrogens with zero attached hydrogens (tertiary/aromatic N) is 1. The summed E-state index contributed by atoms with van der Waals surface area (Å²) in [6.07, 6.45) is 2.13. The minimum absolute atomic E-state index is 0.253. The molecular formula is C12H12N2O3S. The maximum absolute atomic E-state index is 11.2. The molecule has 0 aliphatic heterocycles. The molecule has 0 bridgehead atoms. The summed E-state index contributed by atoms with van der Waals surface area (Å²) in [6.45, 7) is 1.37. The Kier molecular flexibility index (Phi) is 3.34. The van der Waals surface area contributed by atoms with Crippen molar-refractivity contribution in [1.29, 1.82) is 5.26 Å². The van der Waals surface area contributed by atoms with Crippen LogP contribution < -0.4 is 5.32 Å². The first-order valence-electron chi connectivity index (χ1n) is 5.60. The number of hydrogen-bond acceptors (Lipinski definition) is 4. The van der Waals surface area contributed by atoms with Gasteiger partial charge in [-0.3, -0.25) is 9.59 Å². The smallest absolute Gasteiger partial charge is 0.311 e. The Labute approximate surface area is 108 Å². The first-order chi connectivity index (χ1) is 8.54. The number of carboxylic acids is 1. The standard InChI is InChI=1S/C12H12N2O3S/c1-6(15)14-11-8(5-13)10-7(12(16)17)3-2-4-9(10)18-11/h7H,2-4H2,1H3,(H,14,15)(H,16,17). The third-order valence-electron chi connectivity index (χ3n) is 2.97. The molecule has 2 N–H and O–H groups in total. The van der Waals surface area contributed by atoms with Crippen molar-refractivity contribution in [3.8, 4) is 6.07 Å². The van der Waals surface area contributed by atoms with Gasteiger partial charge in [-0.1, -0.05) is 0 Å². The number of nitriles is 1. The van der Waals surface area contributed by atoms with Crippen molar-refractivity contribution < 1.29 is 14.7 Å². The number of carbonyl (C=O) groups excluding carboxylic acids is 1. The van der Waals surface area contributed by atoms with Gasteiger partial charge in [-0.2, -0.15) is 5.26 Å². The zero-order valence-corrected chi connectivity index (χ0v) is 10.6. The zero-order valence-electron chi connectivity index (χ0n) is 9.82. The van der Waals surface area contributed by atoms with Gasteiger partial charge in [-0.25, -0.2) is 0 Å². The second-order valence-electron chi connectivity index (χ2n) is 4.22. The molecule has 0 aromatic carbocycles. The minimum Gasteiger partial charge on any atom is -0.481 e. The fourth-order valence-corrected chi connectivity index (χ4v) is 3.56. The number of thiophene rings is 1. The number of aryl methyl sites for hydroxylation is 1. The molecule has 1 aromatic heterocycles. The van der Waals surface area contributed by atoms with Crippen molar-refractivity contribution in [2.24, 2.45) is 0 Å². The Balaban J connectivity index is 2.53. The monoisotopic (exact) mass is 264 g/mol. The quantitative estimate of drug-likeness (QED) is 0.855. The molecule has 5 nitrogen and oxygen atoms in total. The lowest BCUT2D eigenvalue weighted by Crippen LogP contribution is -2.17. The highest BCUT2D eigenvalue weighted by atomic mass is 32.1. The molecule has 6 heteroatoms. The van der Waals surface area contributed by atoms with Gasteiger partial charge in [-0.05, 0) is 19.3 Å². The average Bonchev–Trinajstić information content (AvgIpc) is 2.64. The number of rotatable bonds is 2. The molecule has 18 heavy (non-hydrogen) atoms. The van der Waals surface area contributed by atoms with Crippen molar-refractivity contribution in [2.45, 2.75) is 32.1 Å². The third-order valence-corrected chi connectivity index (χ3v) is 4.15. The first kappa shape index (κ1) is 12.6. The van der Waals surface area contributed by atoms with E-state index in [1.54, 1.807) is 0 Å². The lowest BCUT2D eigenvalue weighted by molar-refractivity contribution is -0.139. The van der Waals surface area contributed by atoms with Gasteiger partial charge >= 0.3 is 5.97 Å². The number of nitrogens with one attached hydrogen (secondary N) is 1. The van der Waals surface area contributed by atoms with E-state index in [9.17, 15) is 20.0 Å². The molecule has 94 valence electrons. The van der Waals surface area contributed by atoms with Gasteiger partial charge in [0.25, 0.3) is 0 Å². The fraction of sp³-hybridized carbons (Fsp3) is 0.417. The molecule has 0 saturated carbocycles. The lowest BCUT2D eigenvalue weighted by atomic mass is 9.85. The molecule has 1 amide bonds. The number of aliphatic carboxylic acids is 1. The predicted molar refractivity (Wildman–Crippen MR) is 66.7 cm³/mol. The van der Waals surface area contributed by atoms with Crippen LogP contribution in [0, 0.1) is 11.3 Å². The molecule has 0 fully saturated rings. The van der Waals surface area contributed by atoms with E-state index < -0.39 is 11.9 Å². The number of anilines is 1. The number of carboxylic acid groups (broad SMARTS) is 1. The summed E-state index contributed by atoms with van der Waals surface area (Å²) in [4.78, 5) is 23.2. The van der Waals surface area contributed by atoms with Crippen LogP contribution in [-0.4, -0.2) is 17.0 Å². The van der Waals surface area contributed by atoms with E-state index in [1.165, 1.54) is 18.3 Å². The molecule has 0 spiro atoms. The van der Waals surface area contributed by atoms with Gasteiger partial charge in [-0.15, -0.1) is 11.3 Å². The molecule has 2 rings (SSSR count). The molecule has 0 radical (unpaired) electrons. The summed E-state index contributed by atoms with van der Waals surface area (Å²) in [5.74, 6) is -1.78. The molecule has 1 aliphatic rings. The number of amides is 1. The Morgan fingerprint density at radius 3 is 2.83 bits per heavy atom. The lowest BCUT2D eigenvalue weighted by Gasteiger charge is -2.18. The van der Waals surface area contributed by atoms with Crippen LogP contribution in [0.3, 0.4) is 0 Å². The van der Waals surface area contributed by atoms with Gasteiger partial charge in [0.1, 0.15) is 11.1 Å². The van der Waals surface area contributed by atoms with Gasteiger partial charge in [0.05, 0.1) is 11.5 Å². The largest absolute Gasteiger partial charge is 0.481 e. The Hall–Kier alpha value is -1.87. The van der Waals surface area contributed by atoms with Crippen molar-refractivity contribution in [2.75, 3.05) is 5.32 Å². The van der Waals surface area contributed by atoms with Crippen molar-refractivity contribution >= 4 is 28.2 Å². The summed E-state index contributed by atoms with van der Waals surface area (Å²) >= 11 is 1.32. The van der Waals surface area contributed by atoms with Crippen LogP contribution in [0.4, 0.5) is 5.00 Å². The third kappa shape index (κ3) is 2.09. The summed E-state index contributed by atoms with van der Waals surface area (Å²) in [7, 11) is 0. The van der Waals surface area contributed by atoms with E-state index in [0.717, 1.165) is 17.7 Å². The van der Waals surface area contributed by atoms with E-state index in [1.807, 2.05) is 6.07 Å². The maximum Gasteiger partial charge on any atom is 0.311 e. The summed E-state index contributed by atoms with van der Waals surface area (Å²) in [5.41, 5.74) is 0.919. The number of carbonyl (C=O) groups is 2. The summed E-state index contributed by atoms with van der Waals surface area (Å²) in [5, 5.41) is 21.5. The van der Waals surface area contributed by atoms with Crippen LogP contribution in [0.25, 0.3) is 0 Å². The molecule has 1 unspecified atom stereocenters. The summed E-state index contributed by atoms with van der Waals surface area (Å²) < 4.78 is 0.